The lowest BCUT2D eigenvalue weighted by Gasteiger charge is -2.35. The number of carbonyl (C=O) groups excluding carboxylic acids is 2. The molecule has 0 unspecified atom stereocenters. The molecular weight excluding hydrogens is 356 g/mol. The van der Waals surface area contributed by atoms with Gasteiger partial charge in [0.25, 0.3) is 11.8 Å². The van der Waals surface area contributed by atoms with Crippen molar-refractivity contribution in [3.05, 3.63) is 24.3 Å². The molecule has 1 aromatic rings. The van der Waals surface area contributed by atoms with E-state index in [0.717, 1.165) is 0 Å². The number of carbonyl (C=O) groups is 2. The molecule has 142 valence electrons. The summed E-state index contributed by atoms with van der Waals surface area (Å²) in [6.07, 6.45) is 0. The number of rotatable bonds is 6. The fraction of sp³-hybridized carbons (Fsp3) is 0.529. The molecule has 8 nitrogen and oxygen atoms in total. The highest BCUT2D eigenvalue weighted by molar-refractivity contribution is 7.94. The molecule has 9 heteroatoms. The topological polar surface area (TPSA) is 99.5 Å². The van der Waals surface area contributed by atoms with E-state index in [1.54, 1.807) is 33.8 Å². The SMILES string of the molecule is CCN(CC)C(=O)C1(C(=O)N(CC)CC)N=Nc2ccccc2S1(=O)=O. The molecule has 0 fully saturated rings. The van der Waals surface area contributed by atoms with Crippen LogP contribution < -0.4 is 0 Å². The Morgan fingerprint density at radius 2 is 1.38 bits per heavy atom. The molecule has 1 aliphatic heterocycles. The zero-order valence-electron chi connectivity index (χ0n) is 15.5. The van der Waals surface area contributed by atoms with E-state index < -0.39 is 26.5 Å². The first-order valence-corrected chi connectivity index (χ1v) is 10.1. The second-order valence-electron chi connectivity index (χ2n) is 5.77. The Morgan fingerprint density at radius 1 is 0.923 bits per heavy atom. The summed E-state index contributed by atoms with van der Waals surface area (Å²) < 4.78 is 26.9. The third-order valence-electron chi connectivity index (χ3n) is 4.52. The molecular formula is C17H24N4O4S. The summed E-state index contributed by atoms with van der Waals surface area (Å²) in [6, 6.07) is 6.00. The van der Waals surface area contributed by atoms with Crippen molar-refractivity contribution < 1.29 is 18.0 Å². The van der Waals surface area contributed by atoms with Crippen LogP contribution in [0, 0.1) is 0 Å². The van der Waals surface area contributed by atoms with E-state index in [1.165, 1.54) is 28.0 Å². The Morgan fingerprint density at radius 3 is 1.85 bits per heavy atom. The summed E-state index contributed by atoms with van der Waals surface area (Å²) in [5.74, 6) is -1.73. The van der Waals surface area contributed by atoms with Crippen molar-refractivity contribution in [3.8, 4) is 0 Å². The van der Waals surface area contributed by atoms with Crippen molar-refractivity contribution in [3.63, 3.8) is 0 Å². The monoisotopic (exact) mass is 380 g/mol. The Kier molecular flexibility index (Phi) is 5.80. The fourth-order valence-electron chi connectivity index (χ4n) is 2.96. The van der Waals surface area contributed by atoms with Crippen LogP contribution in [0.3, 0.4) is 0 Å². The van der Waals surface area contributed by atoms with Crippen molar-refractivity contribution in [1.29, 1.82) is 0 Å². The summed E-state index contributed by atoms with van der Waals surface area (Å²) in [6.45, 7) is 7.92. The predicted octanol–water partition coefficient (Wildman–Crippen LogP) is 1.99. The van der Waals surface area contributed by atoms with Gasteiger partial charge in [0.1, 0.15) is 5.69 Å². The van der Waals surface area contributed by atoms with Gasteiger partial charge >= 0.3 is 4.87 Å². The Labute approximate surface area is 153 Å². The first kappa shape index (κ1) is 20.0. The lowest BCUT2D eigenvalue weighted by Crippen LogP contribution is -2.62. The van der Waals surface area contributed by atoms with E-state index in [-0.39, 0.29) is 36.8 Å². The number of fused-ring (bicyclic) bond motifs is 1. The van der Waals surface area contributed by atoms with Crippen LogP contribution in [-0.4, -0.2) is 61.1 Å². The van der Waals surface area contributed by atoms with Crippen molar-refractivity contribution in [2.24, 2.45) is 10.2 Å². The molecule has 0 atom stereocenters. The van der Waals surface area contributed by atoms with Crippen LogP contribution in [0.25, 0.3) is 0 Å². The molecule has 1 heterocycles. The highest BCUT2D eigenvalue weighted by Gasteiger charge is 2.63. The highest BCUT2D eigenvalue weighted by atomic mass is 32.2. The summed E-state index contributed by atoms with van der Waals surface area (Å²) in [5, 5.41) is 7.78. The minimum Gasteiger partial charge on any atom is -0.340 e. The van der Waals surface area contributed by atoms with E-state index in [9.17, 15) is 18.0 Å². The predicted molar refractivity (Wildman–Crippen MR) is 96.7 cm³/mol. The maximum Gasteiger partial charge on any atom is 0.340 e. The van der Waals surface area contributed by atoms with Crippen LogP contribution in [0.4, 0.5) is 5.69 Å². The molecule has 2 rings (SSSR count). The molecule has 0 N–H and O–H groups in total. The maximum atomic E-state index is 13.4. The van der Waals surface area contributed by atoms with E-state index in [4.69, 9.17) is 0 Å². The van der Waals surface area contributed by atoms with Gasteiger partial charge in [0.15, 0.2) is 0 Å². The molecule has 0 bridgehead atoms. The average Bonchev–Trinajstić information content (AvgIpc) is 2.64. The summed E-state index contributed by atoms with van der Waals surface area (Å²) in [7, 11) is -4.42. The van der Waals surface area contributed by atoms with Gasteiger partial charge in [-0.2, -0.15) is 5.11 Å². The molecule has 0 saturated heterocycles. The maximum absolute atomic E-state index is 13.4. The molecule has 1 aliphatic rings. The van der Waals surface area contributed by atoms with Gasteiger partial charge in [0.2, 0.25) is 9.84 Å². The fourth-order valence-corrected chi connectivity index (χ4v) is 4.79. The Bertz CT molecular complexity index is 803. The average molecular weight is 380 g/mol. The second kappa shape index (κ2) is 7.53. The largest absolute Gasteiger partial charge is 0.340 e. The minimum absolute atomic E-state index is 0.128. The third kappa shape index (κ3) is 2.80. The molecule has 26 heavy (non-hydrogen) atoms. The molecule has 0 aliphatic carbocycles. The lowest BCUT2D eigenvalue weighted by atomic mass is 10.2. The minimum atomic E-state index is -4.42. The number of sulfone groups is 1. The van der Waals surface area contributed by atoms with Crippen molar-refractivity contribution in [2.75, 3.05) is 26.2 Å². The van der Waals surface area contributed by atoms with Gasteiger partial charge in [-0.1, -0.05) is 12.1 Å². The number of benzene rings is 1. The van der Waals surface area contributed by atoms with Crippen LogP contribution in [0.15, 0.2) is 39.4 Å². The number of amides is 2. The first-order chi connectivity index (χ1) is 12.3. The molecule has 0 saturated carbocycles. The van der Waals surface area contributed by atoms with Gasteiger partial charge in [-0.3, -0.25) is 9.59 Å². The van der Waals surface area contributed by atoms with Crippen LogP contribution in [0.2, 0.25) is 0 Å². The van der Waals surface area contributed by atoms with Crippen LogP contribution in [0.5, 0.6) is 0 Å². The zero-order valence-corrected chi connectivity index (χ0v) is 16.3. The normalized spacial score (nSPS) is 16.6. The summed E-state index contributed by atoms with van der Waals surface area (Å²) in [5.41, 5.74) is 0.128. The van der Waals surface area contributed by atoms with E-state index in [2.05, 4.69) is 10.2 Å². The molecule has 0 spiro atoms. The van der Waals surface area contributed by atoms with Gasteiger partial charge < -0.3 is 9.80 Å². The van der Waals surface area contributed by atoms with Crippen LogP contribution >= 0.6 is 0 Å². The van der Waals surface area contributed by atoms with Crippen molar-refractivity contribution in [1.82, 2.24) is 9.80 Å². The summed E-state index contributed by atoms with van der Waals surface area (Å²) >= 11 is 0. The third-order valence-corrected chi connectivity index (χ3v) is 6.66. The van der Waals surface area contributed by atoms with E-state index in [0.29, 0.717) is 0 Å². The number of hydrogen-bond donors (Lipinski definition) is 0. The quantitative estimate of drug-likeness (QED) is 0.705. The number of nitrogens with zero attached hydrogens (tertiary/aromatic N) is 4. The van der Waals surface area contributed by atoms with Crippen LogP contribution in [0.1, 0.15) is 27.7 Å². The van der Waals surface area contributed by atoms with E-state index in [1.807, 2.05) is 0 Å². The smallest absolute Gasteiger partial charge is 0.340 e. The van der Waals surface area contributed by atoms with Crippen molar-refractivity contribution >= 4 is 27.3 Å². The number of azo groups is 1. The second-order valence-corrected chi connectivity index (χ2v) is 7.81. The molecule has 0 aromatic heterocycles. The zero-order chi connectivity index (χ0) is 19.5. The van der Waals surface area contributed by atoms with Gasteiger partial charge in [0, 0.05) is 26.2 Å². The van der Waals surface area contributed by atoms with Gasteiger partial charge in [-0.25, -0.2) is 8.42 Å². The van der Waals surface area contributed by atoms with E-state index >= 15 is 0 Å². The number of hydrogen-bond acceptors (Lipinski definition) is 6. The van der Waals surface area contributed by atoms with Crippen molar-refractivity contribution in [2.45, 2.75) is 37.5 Å². The Balaban J connectivity index is 2.79. The summed E-state index contributed by atoms with van der Waals surface area (Å²) in [4.78, 5) is 26.3. The Hall–Kier alpha value is -2.29. The lowest BCUT2D eigenvalue weighted by molar-refractivity contribution is -0.144. The molecule has 0 radical (unpaired) electrons. The standard InChI is InChI=1S/C17H24N4O4S/c1-5-20(6-2)15(22)17(16(23)21(7-3)8-4)19-18-13-11-9-10-12-14(13)26(17,24)25/h9-12H,5-8H2,1-4H3. The highest BCUT2D eigenvalue weighted by Crippen LogP contribution is 2.41. The molecule has 1 aromatic carbocycles. The van der Waals surface area contributed by atoms with Gasteiger partial charge in [0.05, 0.1) is 4.90 Å². The van der Waals surface area contributed by atoms with Gasteiger partial charge in [-0.05, 0) is 39.8 Å². The van der Waals surface area contributed by atoms with Crippen LogP contribution in [-0.2, 0) is 19.4 Å². The first-order valence-electron chi connectivity index (χ1n) is 8.66. The molecule has 2 amide bonds. The number of likely N-dealkylation sites (N-methyl/N-ethyl adjacent to an activating group) is 2. The van der Waals surface area contributed by atoms with Gasteiger partial charge in [-0.15, -0.1) is 5.11 Å².